The molecule has 25 heavy (non-hydrogen) atoms. The number of rotatable bonds is 3. The van der Waals surface area contributed by atoms with E-state index in [0.29, 0.717) is 26.9 Å². The van der Waals surface area contributed by atoms with Gasteiger partial charge in [-0.25, -0.2) is 9.79 Å². The molecule has 0 fully saturated rings. The Balaban J connectivity index is 1.88. The van der Waals surface area contributed by atoms with Crippen LogP contribution in [-0.4, -0.2) is 17.8 Å². The molecular formula is C18H12Cl2N2O3. The summed E-state index contributed by atoms with van der Waals surface area (Å²) in [6, 6.07) is 11.9. The fraction of sp³-hybridized carbons (Fsp3) is 0.0556. The summed E-state index contributed by atoms with van der Waals surface area (Å²) in [5.41, 5.74) is 1.96. The molecule has 0 bridgehead atoms. The molecule has 1 aliphatic heterocycles. The zero-order valence-corrected chi connectivity index (χ0v) is 14.6. The highest BCUT2D eigenvalue weighted by Gasteiger charge is 2.24. The Morgan fingerprint density at radius 3 is 2.56 bits per heavy atom. The van der Waals surface area contributed by atoms with Crippen molar-refractivity contribution >= 4 is 52.7 Å². The van der Waals surface area contributed by atoms with E-state index in [-0.39, 0.29) is 17.5 Å². The van der Waals surface area contributed by atoms with Gasteiger partial charge in [0, 0.05) is 18.2 Å². The monoisotopic (exact) mass is 374 g/mol. The SMILES string of the molecule is CC(=O)Nc1ccc(C2=N/C(=C\c3cccc(Cl)c3Cl)C(=O)O2)cc1. The molecule has 1 aliphatic rings. The van der Waals surface area contributed by atoms with Gasteiger partial charge in [0.25, 0.3) is 0 Å². The van der Waals surface area contributed by atoms with E-state index < -0.39 is 5.97 Å². The number of hydrogen-bond acceptors (Lipinski definition) is 4. The summed E-state index contributed by atoms with van der Waals surface area (Å²) in [6.45, 7) is 1.43. The van der Waals surface area contributed by atoms with Gasteiger partial charge in [0.15, 0.2) is 5.70 Å². The minimum absolute atomic E-state index is 0.130. The Morgan fingerprint density at radius 1 is 1.16 bits per heavy atom. The van der Waals surface area contributed by atoms with Crippen molar-refractivity contribution in [2.24, 2.45) is 4.99 Å². The third-order valence-corrected chi connectivity index (χ3v) is 4.18. The highest BCUT2D eigenvalue weighted by molar-refractivity contribution is 6.43. The van der Waals surface area contributed by atoms with Crippen LogP contribution in [0, 0.1) is 0 Å². The predicted octanol–water partition coefficient (Wildman–Crippen LogP) is 4.30. The Hall–Kier alpha value is -2.63. The standard InChI is InChI=1S/C18H12Cl2N2O3/c1-10(23)21-13-7-5-11(6-8-13)17-22-15(18(24)25-17)9-12-3-2-4-14(19)16(12)20/h2-9H,1H3,(H,21,23)/b15-9-. The summed E-state index contributed by atoms with van der Waals surface area (Å²) in [5.74, 6) is -0.554. The van der Waals surface area contributed by atoms with E-state index in [1.54, 1.807) is 42.5 Å². The quantitative estimate of drug-likeness (QED) is 0.643. The van der Waals surface area contributed by atoms with Crippen molar-refractivity contribution < 1.29 is 14.3 Å². The van der Waals surface area contributed by atoms with Gasteiger partial charge in [0.1, 0.15) is 0 Å². The number of hydrogen-bond donors (Lipinski definition) is 1. The lowest BCUT2D eigenvalue weighted by Crippen LogP contribution is -2.07. The van der Waals surface area contributed by atoms with Crippen molar-refractivity contribution in [2.75, 3.05) is 5.32 Å². The predicted molar refractivity (Wildman–Crippen MR) is 97.8 cm³/mol. The topological polar surface area (TPSA) is 67.8 Å². The Morgan fingerprint density at radius 2 is 1.88 bits per heavy atom. The molecule has 2 aromatic rings. The van der Waals surface area contributed by atoms with Crippen LogP contribution in [-0.2, 0) is 14.3 Å². The molecule has 2 aromatic carbocycles. The van der Waals surface area contributed by atoms with Crippen molar-refractivity contribution in [3.63, 3.8) is 0 Å². The van der Waals surface area contributed by atoms with Gasteiger partial charge in [-0.2, -0.15) is 0 Å². The minimum atomic E-state index is -0.572. The van der Waals surface area contributed by atoms with E-state index in [0.717, 1.165) is 0 Å². The Labute approximate surface area is 153 Å². The largest absolute Gasteiger partial charge is 0.402 e. The number of anilines is 1. The smallest absolute Gasteiger partial charge is 0.363 e. The highest BCUT2D eigenvalue weighted by Crippen LogP contribution is 2.28. The minimum Gasteiger partial charge on any atom is -0.402 e. The lowest BCUT2D eigenvalue weighted by molar-refractivity contribution is -0.129. The van der Waals surface area contributed by atoms with Crippen LogP contribution in [0.4, 0.5) is 5.69 Å². The molecule has 1 heterocycles. The van der Waals surface area contributed by atoms with E-state index in [9.17, 15) is 9.59 Å². The number of benzene rings is 2. The zero-order chi connectivity index (χ0) is 18.0. The molecule has 7 heteroatoms. The fourth-order valence-electron chi connectivity index (χ4n) is 2.21. The number of ether oxygens (including phenoxy) is 1. The molecule has 5 nitrogen and oxygen atoms in total. The molecular weight excluding hydrogens is 363 g/mol. The first-order chi connectivity index (χ1) is 11.9. The Bertz CT molecular complexity index is 918. The lowest BCUT2D eigenvalue weighted by atomic mass is 10.2. The number of nitrogens with one attached hydrogen (secondary N) is 1. The van der Waals surface area contributed by atoms with Gasteiger partial charge in [0.2, 0.25) is 11.8 Å². The van der Waals surface area contributed by atoms with Crippen LogP contribution in [0.2, 0.25) is 10.0 Å². The van der Waals surface area contributed by atoms with Crippen LogP contribution in [0.5, 0.6) is 0 Å². The summed E-state index contributed by atoms with van der Waals surface area (Å²) in [4.78, 5) is 27.3. The van der Waals surface area contributed by atoms with E-state index in [1.807, 2.05) is 0 Å². The second kappa shape index (κ2) is 7.09. The number of nitrogens with zero attached hydrogens (tertiary/aromatic N) is 1. The summed E-state index contributed by atoms with van der Waals surface area (Å²) < 4.78 is 5.20. The molecule has 126 valence electrons. The van der Waals surface area contributed by atoms with E-state index in [2.05, 4.69) is 10.3 Å². The van der Waals surface area contributed by atoms with Crippen LogP contribution >= 0.6 is 23.2 Å². The molecule has 0 aliphatic carbocycles. The number of cyclic esters (lactones) is 1. The first-order valence-electron chi connectivity index (χ1n) is 7.28. The second-order valence-corrected chi connectivity index (χ2v) is 6.02. The van der Waals surface area contributed by atoms with Gasteiger partial charge in [0.05, 0.1) is 10.0 Å². The summed E-state index contributed by atoms with van der Waals surface area (Å²) in [5, 5.41) is 3.39. The summed E-state index contributed by atoms with van der Waals surface area (Å²) in [7, 11) is 0. The molecule has 1 N–H and O–H groups in total. The van der Waals surface area contributed by atoms with Gasteiger partial charge in [-0.3, -0.25) is 4.79 Å². The van der Waals surface area contributed by atoms with Crippen molar-refractivity contribution in [1.82, 2.24) is 0 Å². The molecule has 0 radical (unpaired) electrons. The number of carbonyl (C=O) groups excluding carboxylic acids is 2. The Kier molecular flexibility index (Phi) is 4.88. The van der Waals surface area contributed by atoms with Gasteiger partial charge >= 0.3 is 5.97 Å². The zero-order valence-electron chi connectivity index (χ0n) is 13.0. The number of carbonyl (C=O) groups is 2. The fourth-order valence-corrected chi connectivity index (χ4v) is 2.57. The first-order valence-corrected chi connectivity index (χ1v) is 8.04. The molecule has 3 rings (SSSR count). The van der Waals surface area contributed by atoms with Crippen LogP contribution in [0.25, 0.3) is 6.08 Å². The van der Waals surface area contributed by atoms with Gasteiger partial charge in [-0.1, -0.05) is 35.3 Å². The van der Waals surface area contributed by atoms with Gasteiger partial charge < -0.3 is 10.1 Å². The maximum Gasteiger partial charge on any atom is 0.363 e. The van der Waals surface area contributed by atoms with Gasteiger partial charge in [-0.05, 0) is 42.0 Å². The van der Waals surface area contributed by atoms with Crippen LogP contribution in [0.3, 0.4) is 0 Å². The lowest BCUT2D eigenvalue weighted by Gasteiger charge is -2.03. The summed E-state index contributed by atoms with van der Waals surface area (Å²) >= 11 is 12.1. The number of amides is 1. The van der Waals surface area contributed by atoms with E-state index in [1.165, 1.54) is 13.0 Å². The summed E-state index contributed by atoms with van der Waals surface area (Å²) in [6.07, 6.45) is 1.52. The van der Waals surface area contributed by atoms with E-state index >= 15 is 0 Å². The second-order valence-electron chi connectivity index (χ2n) is 5.24. The van der Waals surface area contributed by atoms with Crippen LogP contribution in [0.1, 0.15) is 18.1 Å². The molecule has 1 amide bonds. The maximum atomic E-state index is 12.0. The van der Waals surface area contributed by atoms with Crippen LogP contribution in [0.15, 0.2) is 53.2 Å². The maximum absolute atomic E-state index is 12.0. The van der Waals surface area contributed by atoms with Crippen molar-refractivity contribution in [1.29, 1.82) is 0 Å². The molecule has 0 atom stereocenters. The third-order valence-electron chi connectivity index (χ3n) is 3.35. The normalized spacial score (nSPS) is 15.1. The van der Waals surface area contributed by atoms with E-state index in [4.69, 9.17) is 27.9 Å². The molecule has 0 saturated heterocycles. The van der Waals surface area contributed by atoms with Crippen molar-refractivity contribution in [3.05, 3.63) is 69.3 Å². The molecule has 0 aromatic heterocycles. The molecule has 0 spiro atoms. The van der Waals surface area contributed by atoms with Crippen molar-refractivity contribution in [3.8, 4) is 0 Å². The average molecular weight is 375 g/mol. The molecule has 0 unspecified atom stereocenters. The third kappa shape index (κ3) is 3.90. The molecule has 0 saturated carbocycles. The number of aliphatic imine (C=N–C) groups is 1. The highest BCUT2D eigenvalue weighted by atomic mass is 35.5. The number of halogens is 2. The first kappa shape index (κ1) is 17.2. The van der Waals surface area contributed by atoms with Crippen LogP contribution < -0.4 is 5.32 Å². The number of esters is 1. The van der Waals surface area contributed by atoms with Crippen molar-refractivity contribution in [2.45, 2.75) is 6.92 Å². The average Bonchev–Trinajstić information content (AvgIpc) is 2.93. The van der Waals surface area contributed by atoms with Gasteiger partial charge in [-0.15, -0.1) is 0 Å².